The van der Waals surface area contributed by atoms with Crippen LogP contribution in [0.15, 0.2) is 29.8 Å². The Morgan fingerprint density at radius 1 is 1.53 bits per heavy atom. The smallest absolute Gasteiger partial charge is 0.348 e. The van der Waals surface area contributed by atoms with Crippen LogP contribution < -0.4 is 0 Å². The van der Waals surface area contributed by atoms with Gasteiger partial charge in [-0.2, -0.15) is 5.26 Å². The fraction of sp³-hybridized carbons (Fsp3) is 0.231. The molecule has 1 rings (SSSR count). The molecule has 0 aliphatic carbocycles. The predicted molar refractivity (Wildman–Crippen MR) is 67.9 cm³/mol. The molecule has 19 heavy (non-hydrogen) atoms. The Morgan fingerprint density at radius 2 is 2.21 bits per heavy atom. The summed E-state index contributed by atoms with van der Waals surface area (Å²) in [5.41, 5.74) is -0.237. The fourth-order valence-corrected chi connectivity index (χ4v) is 1.34. The van der Waals surface area contributed by atoms with E-state index in [4.69, 9.17) is 10.00 Å². The van der Waals surface area contributed by atoms with E-state index < -0.39 is 10.9 Å². The molecule has 0 radical (unpaired) electrons. The molecule has 1 aromatic rings. The lowest BCUT2D eigenvalue weighted by Crippen LogP contribution is -2.07. The summed E-state index contributed by atoms with van der Waals surface area (Å²) >= 11 is 0. The van der Waals surface area contributed by atoms with Crippen molar-refractivity contribution in [2.24, 2.45) is 0 Å². The maximum Gasteiger partial charge on any atom is 0.348 e. The van der Waals surface area contributed by atoms with Gasteiger partial charge in [-0.1, -0.05) is 19.1 Å². The third-order valence-corrected chi connectivity index (χ3v) is 2.21. The van der Waals surface area contributed by atoms with Crippen molar-refractivity contribution in [1.29, 1.82) is 5.26 Å². The first-order valence-corrected chi connectivity index (χ1v) is 5.62. The summed E-state index contributed by atoms with van der Waals surface area (Å²) in [6.45, 7) is 2.03. The number of benzene rings is 1. The van der Waals surface area contributed by atoms with E-state index in [1.165, 1.54) is 18.2 Å². The van der Waals surface area contributed by atoms with Gasteiger partial charge in [-0.15, -0.1) is 0 Å². The number of rotatable bonds is 5. The van der Waals surface area contributed by atoms with E-state index in [0.717, 1.165) is 6.08 Å². The van der Waals surface area contributed by atoms with Gasteiger partial charge in [0.2, 0.25) is 0 Å². The van der Waals surface area contributed by atoms with Crippen LogP contribution in [0.2, 0.25) is 0 Å². The highest BCUT2D eigenvalue weighted by Gasteiger charge is 2.15. The average Bonchev–Trinajstić information content (AvgIpc) is 2.42. The highest BCUT2D eigenvalue weighted by atomic mass is 16.6. The molecule has 0 aromatic heterocycles. The molecular weight excluding hydrogens is 248 g/mol. The fourth-order valence-electron chi connectivity index (χ4n) is 1.34. The second-order valence-electron chi connectivity index (χ2n) is 3.62. The van der Waals surface area contributed by atoms with Gasteiger partial charge in [-0.05, 0) is 18.6 Å². The Kier molecular flexibility index (Phi) is 5.23. The second kappa shape index (κ2) is 6.91. The average molecular weight is 260 g/mol. The van der Waals surface area contributed by atoms with Gasteiger partial charge >= 0.3 is 5.97 Å². The minimum atomic E-state index is -0.775. The largest absolute Gasteiger partial charge is 0.462 e. The Balaban J connectivity index is 3.09. The summed E-state index contributed by atoms with van der Waals surface area (Å²) in [7, 11) is 0. The van der Waals surface area contributed by atoms with Crippen molar-refractivity contribution in [2.45, 2.75) is 13.3 Å². The van der Waals surface area contributed by atoms with Gasteiger partial charge in [-0.3, -0.25) is 10.1 Å². The summed E-state index contributed by atoms with van der Waals surface area (Å²) in [4.78, 5) is 21.8. The van der Waals surface area contributed by atoms with E-state index >= 15 is 0 Å². The summed E-state index contributed by atoms with van der Waals surface area (Å²) < 4.78 is 4.82. The molecular formula is C13H12N2O4. The van der Waals surface area contributed by atoms with Gasteiger partial charge in [0.1, 0.15) is 11.6 Å². The standard InChI is InChI=1S/C13H12N2O4/c1-2-7-19-13(16)11(9-14)8-10-5-3-4-6-12(10)15(17)18/h3-6,8H,2,7H2,1H3. The van der Waals surface area contributed by atoms with Crippen molar-refractivity contribution < 1.29 is 14.5 Å². The number of nitro groups is 1. The number of para-hydroxylation sites is 1. The molecule has 6 heteroatoms. The number of nitriles is 1. The molecule has 0 saturated carbocycles. The van der Waals surface area contributed by atoms with Crippen LogP contribution in [0.3, 0.4) is 0 Å². The van der Waals surface area contributed by atoms with Gasteiger partial charge in [0.25, 0.3) is 5.69 Å². The molecule has 0 amide bonds. The number of nitrogens with zero attached hydrogens (tertiary/aromatic N) is 2. The maximum absolute atomic E-state index is 11.5. The van der Waals surface area contributed by atoms with Gasteiger partial charge in [0.05, 0.1) is 17.1 Å². The Bertz CT molecular complexity index is 558. The zero-order chi connectivity index (χ0) is 14.3. The molecule has 0 heterocycles. The first-order chi connectivity index (χ1) is 9.10. The molecule has 98 valence electrons. The predicted octanol–water partition coefficient (Wildman–Crippen LogP) is 2.45. The molecule has 0 spiro atoms. The lowest BCUT2D eigenvalue weighted by atomic mass is 10.1. The summed E-state index contributed by atoms with van der Waals surface area (Å²) in [5.74, 6) is -0.775. The first kappa shape index (κ1) is 14.4. The van der Waals surface area contributed by atoms with Crippen LogP contribution in [0.25, 0.3) is 6.08 Å². The molecule has 0 aliphatic rings. The number of hydrogen-bond donors (Lipinski definition) is 0. The van der Waals surface area contributed by atoms with Crippen LogP contribution in [-0.4, -0.2) is 17.5 Å². The molecule has 6 nitrogen and oxygen atoms in total. The Labute approximate surface area is 110 Å². The number of nitro benzene ring substituents is 1. The lowest BCUT2D eigenvalue weighted by molar-refractivity contribution is -0.385. The van der Waals surface area contributed by atoms with Crippen LogP contribution in [0.5, 0.6) is 0 Å². The molecule has 0 atom stereocenters. The highest BCUT2D eigenvalue weighted by molar-refractivity contribution is 5.98. The molecule has 0 N–H and O–H groups in total. The van der Waals surface area contributed by atoms with Gasteiger partial charge < -0.3 is 4.74 Å². The summed E-state index contributed by atoms with van der Waals surface area (Å²) in [6, 6.07) is 7.55. The van der Waals surface area contributed by atoms with E-state index in [2.05, 4.69) is 0 Å². The third kappa shape index (κ3) is 3.92. The number of carbonyl (C=O) groups is 1. The second-order valence-corrected chi connectivity index (χ2v) is 3.62. The van der Waals surface area contributed by atoms with Crippen LogP contribution >= 0.6 is 0 Å². The number of esters is 1. The van der Waals surface area contributed by atoms with E-state index in [9.17, 15) is 14.9 Å². The van der Waals surface area contributed by atoms with Crippen molar-refractivity contribution in [3.63, 3.8) is 0 Å². The SMILES string of the molecule is CCCOC(=O)C(C#N)=Cc1ccccc1[N+](=O)[O-]. The van der Waals surface area contributed by atoms with E-state index in [0.29, 0.717) is 6.42 Å². The number of hydrogen-bond acceptors (Lipinski definition) is 5. The first-order valence-electron chi connectivity index (χ1n) is 5.62. The lowest BCUT2D eigenvalue weighted by Gasteiger charge is -2.01. The summed E-state index contributed by atoms with van der Waals surface area (Å²) in [6.07, 6.45) is 1.80. The minimum Gasteiger partial charge on any atom is -0.462 e. The molecule has 0 unspecified atom stereocenters. The monoisotopic (exact) mass is 260 g/mol. The molecule has 0 fully saturated rings. The van der Waals surface area contributed by atoms with Crippen LogP contribution in [0.4, 0.5) is 5.69 Å². The molecule has 0 saturated heterocycles. The van der Waals surface area contributed by atoms with Gasteiger partial charge in [-0.25, -0.2) is 4.79 Å². The van der Waals surface area contributed by atoms with Crippen molar-refractivity contribution in [3.05, 3.63) is 45.5 Å². The molecule has 0 aliphatic heterocycles. The van der Waals surface area contributed by atoms with E-state index in [-0.39, 0.29) is 23.4 Å². The Hall–Kier alpha value is -2.68. The molecule has 0 bridgehead atoms. The van der Waals surface area contributed by atoms with E-state index in [1.807, 2.05) is 6.92 Å². The van der Waals surface area contributed by atoms with Crippen molar-refractivity contribution in [2.75, 3.05) is 6.61 Å². The minimum absolute atomic E-state index is 0.168. The highest BCUT2D eigenvalue weighted by Crippen LogP contribution is 2.20. The van der Waals surface area contributed by atoms with Crippen molar-refractivity contribution in [1.82, 2.24) is 0 Å². The third-order valence-electron chi connectivity index (χ3n) is 2.21. The molecule has 1 aromatic carbocycles. The topological polar surface area (TPSA) is 93.2 Å². The zero-order valence-corrected chi connectivity index (χ0v) is 10.3. The summed E-state index contributed by atoms with van der Waals surface area (Å²) in [5, 5.41) is 19.7. The maximum atomic E-state index is 11.5. The Morgan fingerprint density at radius 3 is 2.79 bits per heavy atom. The van der Waals surface area contributed by atoms with E-state index in [1.54, 1.807) is 12.1 Å². The van der Waals surface area contributed by atoms with Gasteiger partial charge in [0.15, 0.2) is 0 Å². The van der Waals surface area contributed by atoms with Crippen LogP contribution in [0, 0.1) is 21.4 Å². The number of ether oxygens (including phenoxy) is 1. The number of carbonyl (C=O) groups excluding carboxylic acids is 1. The van der Waals surface area contributed by atoms with Crippen LogP contribution in [0.1, 0.15) is 18.9 Å². The zero-order valence-electron chi connectivity index (χ0n) is 10.3. The van der Waals surface area contributed by atoms with Crippen molar-refractivity contribution in [3.8, 4) is 6.07 Å². The van der Waals surface area contributed by atoms with Gasteiger partial charge in [0, 0.05) is 6.07 Å². The quantitative estimate of drug-likeness (QED) is 0.266. The van der Waals surface area contributed by atoms with Crippen LogP contribution in [-0.2, 0) is 9.53 Å². The normalized spacial score (nSPS) is 10.6. The van der Waals surface area contributed by atoms with Crippen molar-refractivity contribution >= 4 is 17.7 Å².